The summed E-state index contributed by atoms with van der Waals surface area (Å²) in [6.07, 6.45) is 2.00. The normalized spacial score (nSPS) is 14.6. The number of anilines is 2. The van der Waals surface area contributed by atoms with Gasteiger partial charge in [-0.3, -0.25) is 4.72 Å². The molecule has 1 N–H and O–H groups in total. The number of sulfonamides is 1. The second kappa shape index (κ2) is 6.98. The maximum Gasteiger partial charge on any atom is 0.363 e. The van der Waals surface area contributed by atoms with Crippen LogP contribution in [-0.4, -0.2) is 21.5 Å². The van der Waals surface area contributed by atoms with Gasteiger partial charge in [0.05, 0.1) is 10.6 Å². The van der Waals surface area contributed by atoms with Crippen LogP contribution in [0.5, 0.6) is 0 Å². The maximum atomic E-state index is 13.1. The molecule has 0 aliphatic carbocycles. The highest BCUT2D eigenvalue weighted by atomic mass is 32.2. The molecule has 28 heavy (non-hydrogen) atoms. The standard InChI is InChI=1S/C21H22N2O4S/c1-14-11-15(2)13-16(12-14)28(25,26)22-19-20(23-9-5-6-10-23)17-7-3-4-8-18(17)27-21(19)24/h3-4,7-8,11-13,22H,5-6,9-10H2,1-2H3. The van der Waals surface area contributed by atoms with E-state index in [2.05, 4.69) is 9.62 Å². The fourth-order valence-corrected chi connectivity index (χ4v) is 5.02. The lowest BCUT2D eigenvalue weighted by Gasteiger charge is -2.22. The molecular weight excluding hydrogens is 376 g/mol. The molecule has 2 heterocycles. The van der Waals surface area contributed by atoms with E-state index in [1.165, 1.54) is 0 Å². The zero-order chi connectivity index (χ0) is 19.9. The monoisotopic (exact) mass is 398 g/mol. The smallest absolute Gasteiger partial charge is 0.363 e. The third-order valence-corrected chi connectivity index (χ3v) is 6.28. The highest BCUT2D eigenvalue weighted by Gasteiger charge is 2.26. The maximum absolute atomic E-state index is 13.1. The van der Waals surface area contributed by atoms with E-state index in [0.29, 0.717) is 11.3 Å². The fraction of sp³-hybridized carbons (Fsp3) is 0.286. The molecule has 6 nitrogen and oxygen atoms in total. The first kappa shape index (κ1) is 18.6. The molecule has 1 aliphatic rings. The number of para-hydroxylation sites is 1. The Bertz CT molecular complexity index is 1190. The lowest BCUT2D eigenvalue weighted by atomic mass is 10.1. The first-order valence-corrected chi connectivity index (χ1v) is 10.8. The van der Waals surface area contributed by atoms with Crippen LogP contribution in [0.2, 0.25) is 0 Å². The predicted octanol–water partition coefficient (Wildman–Crippen LogP) is 3.81. The molecule has 0 radical (unpaired) electrons. The summed E-state index contributed by atoms with van der Waals surface area (Å²) >= 11 is 0. The second-order valence-electron chi connectivity index (χ2n) is 7.23. The third-order valence-electron chi connectivity index (χ3n) is 4.95. The second-order valence-corrected chi connectivity index (χ2v) is 8.91. The molecule has 1 aliphatic heterocycles. The Morgan fingerprint density at radius 1 is 1.00 bits per heavy atom. The number of hydrogen-bond acceptors (Lipinski definition) is 5. The Labute approximate surface area is 163 Å². The number of aryl methyl sites for hydroxylation is 2. The highest BCUT2D eigenvalue weighted by molar-refractivity contribution is 7.92. The van der Waals surface area contributed by atoms with Crippen molar-refractivity contribution in [1.29, 1.82) is 0 Å². The topological polar surface area (TPSA) is 79.6 Å². The Morgan fingerprint density at radius 2 is 1.64 bits per heavy atom. The van der Waals surface area contributed by atoms with Gasteiger partial charge in [-0.1, -0.05) is 18.2 Å². The van der Waals surface area contributed by atoms with E-state index in [4.69, 9.17) is 4.42 Å². The third kappa shape index (κ3) is 3.38. The van der Waals surface area contributed by atoms with Crippen molar-refractivity contribution >= 4 is 32.4 Å². The quantitative estimate of drug-likeness (QED) is 0.676. The lowest BCUT2D eigenvalue weighted by molar-refractivity contribution is 0.562. The molecule has 1 aromatic heterocycles. The molecule has 0 saturated carbocycles. The van der Waals surface area contributed by atoms with Crippen molar-refractivity contribution in [3.8, 4) is 0 Å². The Balaban J connectivity index is 1.89. The van der Waals surface area contributed by atoms with Crippen molar-refractivity contribution in [2.45, 2.75) is 31.6 Å². The lowest BCUT2D eigenvalue weighted by Crippen LogP contribution is -2.26. The molecule has 0 unspecified atom stereocenters. The van der Waals surface area contributed by atoms with E-state index in [1.807, 2.05) is 32.0 Å². The van der Waals surface area contributed by atoms with Crippen molar-refractivity contribution in [3.63, 3.8) is 0 Å². The van der Waals surface area contributed by atoms with Crippen molar-refractivity contribution < 1.29 is 12.8 Å². The molecule has 7 heteroatoms. The summed E-state index contributed by atoms with van der Waals surface area (Å²) in [7, 11) is -3.94. The van der Waals surface area contributed by atoms with Crippen LogP contribution >= 0.6 is 0 Å². The van der Waals surface area contributed by atoms with E-state index < -0.39 is 15.6 Å². The molecule has 0 spiro atoms. The Hall–Kier alpha value is -2.80. The summed E-state index contributed by atoms with van der Waals surface area (Å²) in [5, 5.41) is 0.724. The first-order chi connectivity index (χ1) is 13.3. The van der Waals surface area contributed by atoms with Crippen LogP contribution in [-0.2, 0) is 10.0 Å². The zero-order valence-electron chi connectivity index (χ0n) is 15.9. The van der Waals surface area contributed by atoms with Gasteiger partial charge in [0.2, 0.25) is 0 Å². The number of benzene rings is 2. The highest BCUT2D eigenvalue weighted by Crippen LogP contribution is 2.35. The number of nitrogens with zero attached hydrogens (tertiary/aromatic N) is 1. The summed E-state index contributed by atoms with van der Waals surface area (Å²) in [6, 6.07) is 12.3. The molecule has 1 saturated heterocycles. The number of fused-ring (bicyclic) bond motifs is 1. The summed E-state index contributed by atoms with van der Waals surface area (Å²) < 4.78 is 34.0. The van der Waals surface area contributed by atoms with Gasteiger partial charge in [-0.2, -0.15) is 0 Å². The van der Waals surface area contributed by atoms with E-state index >= 15 is 0 Å². The van der Waals surface area contributed by atoms with Gasteiger partial charge < -0.3 is 9.32 Å². The van der Waals surface area contributed by atoms with Gasteiger partial charge in [0.1, 0.15) is 5.58 Å². The van der Waals surface area contributed by atoms with Gasteiger partial charge in [0, 0.05) is 18.5 Å². The number of hydrogen-bond donors (Lipinski definition) is 1. The minimum Gasteiger partial charge on any atom is -0.421 e. The minimum atomic E-state index is -3.94. The molecule has 2 aromatic carbocycles. The molecule has 0 atom stereocenters. The van der Waals surface area contributed by atoms with Crippen LogP contribution in [0.1, 0.15) is 24.0 Å². The first-order valence-electron chi connectivity index (χ1n) is 9.27. The van der Waals surface area contributed by atoms with Gasteiger partial charge in [0.25, 0.3) is 10.0 Å². The number of rotatable bonds is 4. The van der Waals surface area contributed by atoms with Crippen molar-refractivity contribution in [2.75, 3.05) is 22.7 Å². The molecule has 1 fully saturated rings. The van der Waals surface area contributed by atoms with Gasteiger partial charge in [-0.25, -0.2) is 13.2 Å². The summed E-state index contributed by atoms with van der Waals surface area (Å²) in [5.74, 6) is 0. The van der Waals surface area contributed by atoms with E-state index in [1.54, 1.807) is 24.3 Å². The molecular formula is C21H22N2O4S. The van der Waals surface area contributed by atoms with Crippen molar-refractivity contribution in [2.24, 2.45) is 0 Å². The average molecular weight is 398 g/mol. The molecule has 0 amide bonds. The SMILES string of the molecule is Cc1cc(C)cc(S(=O)(=O)Nc2c(N3CCCC3)c3ccccc3oc2=O)c1. The van der Waals surface area contributed by atoms with E-state index in [-0.39, 0.29) is 10.6 Å². The predicted molar refractivity (Wildman–Crippen MR) is 111 cm³/mol. The van der Waals surface area contributed by atoms with Crippen LogP contribution in [0.15, 0.2) is 56.6 Å². The average Bonchev–Trinajstić information content (AvgIpc) is 3.15. The molecule has 0 bridgehead atoms. The molecule has 4 rings (SSSR count). The Kier molecular flexibility index (Phi) is 4.63. The molecule has 3 aromatic rings. The van der Waals surface area contributed by atoms with E-state index in [0.717, 1.165) is 42.4 Å². The van der Waals surface area contributed by atoms with Crippen LogP contribution in [0.4, 0.5) is 11.4 Å². The van der Waals surface area contributed by atoms with Crippen LogP contribution < -0.4 is 15.2 Å². The molecule has 146 valence electrons. The van der Waals surface area contributed by atoms with Crippen molar-refractivity contribution in [1.82, 2.24) is 0 Å². The minimum absolute atomic E-state index is 0.0280. The summed E-state index contributed by atoms with van der Waals surface area (Å²) in [5.41, 5.74) is 2.01. The largest absolute Gasteiger partial charge is 0.421 e. The van der Waals surface area contributed by atoms with Gasteiger partial charge in [-0.15, -0.1) is 0 Å². The number of nitrogens with one attached hydrogen (secondary N) is 1. The summed E-state index contributed by atoms with van der Waals surface area (Å²) in [6.45, 7) is 5.22. The van der Waals surface area contributed by atoms with E-state index in [9.17, 15) is 13.2 Å². The van der Waals surface area contributed by atoms with Crippen LogP contribution in [0.3, 0.4) is 0 Å². The van der Waals surface area contributed by atoms with Gasteiger partial charge in [0.15, 0.2) is 5.69 Å². The van der Waals surface area contributed by atoms with Gasteiger partial charge >= 0.3 is 5.63 Å². The zero-order valence-corrected chi connectivity index (χ0v) is 16.7. The Morgan fingerprint density at radius 3 is 2.32 bits per heavy atom. The van der Waals surface area contributed by atoms with Crippen LogP contribution in [0, 0.1) is 13.8 Å². The summed E-state index contributed by atoms with van der Waals surface area (Å²) in [4.78, 5) is 14.9. The van der Waals surface area contributed by atoms with Crippen molar-refractivity contribution in [3.05, 3.63) is 64.0 Å². The van der Waals surface area contributed by atoms with Crippen LogP contribution in [0.25, 0.3) is 11.0 Å². The fourth-order valence-electron chi connectivity index (χ4n) is 3.77. The van der Waals surface area contributed by atoms with Gasteiger partial charge in [-0.05, 0) is 62.1 Å².